The molecule has 0 saturated heterocycles. The Morgan fingerprint density at radius 2 is 1.96 bits per heavy atom. The van der Waals surface area contributed by atoms with E-state index in [2.05, 4.69) is 23.4 Å². The second-order valence-electron chi connectivity index (χ2n) is 6.45. The molecule has 2 unspecified atom stereocenters. The monoisotopic (exact) mass is 418 g/mol. The highest BCUT2D eigenvalue weighted by molar-refractivity contribution is 6.35. The zero-order valence-corrected chi connectivity index (χ0v) is 17.3. The number of hydrogen-bond acceptors (Lipinski definition) is 2. The Hall–Kier alpha value is -2.30. The van der Waals surface area contributed by atoms with Crippen LogP contribution in [0.4, 0.5) is 0 Å². The first-order valence-corrected chi connectivity index (χ1v) is 9.93. The van der Waals surface area contributed by atoms with Crippen molar-refractivity contribution in [2.75, 3.05) is 0 Å². The van der Waals surface area contributed by atoms with E-state index in [1.54, 1.807) is 18.2 Å². The van der Waals surface area contributed by atoms with Gasteiger partial charge in [-0.3, -0.25) is 4.79 Å². The van der Waals surface area contributed by atoms with Crippen LogP contribution in [0.3, 0.4) is 0 Å². The van der Waals surface area contributed by atoms with Crippen molar-refractivity contribution in [2.24, 2.45) is 0 Å². The van der Waals surface area contributed by atoms with Crippen molar-refractivity contribution in [2.45, 2.75) is 38.3 Å². The van der Waals surface area contributed by atoms with Crippen molar-refractivity contribution in [3.63, 3.8) is 0 Å². The van der Waals surface area contributed by atoms with Crippen LogP contribution in [-0.2, 0) is 4.79 Å². The van der Waals surface area contributed by atoms with Crippen molar-refractivity contribution in [3.8, 4) is 5.75 Å². The van der Waals surface area contributed by atoms with Crippen LogP contribution in [0.5, 0.6) is 5.75 Å². The van der Waals surface area contributed by atoms with Crippen molar-refractivity contribution in [1.82, 2.24) is 5.32 Å². The first-order valence-electron chi connectivity index (χ1n) is 9.17. The second-order valence-corrected chi connectivity index (χ2v) is 7.29. The lowest BCUT2D eigenvalue weighted by Gasteiger charge is -2.18. The average molecular weight is 419 g/mol. The normalized spacial score (nSPS) is 13.2. The third-order valence-electron chi connectivity index (χ3n) is 4.50. The van der Waals surface area contributed by atoms with Crippen molar-refractivity contribution in [1.29, 1.82) is 0 Å². The first-order chi connectivity index (χ1) is 13.4. The molecule has 0 radical (unpaired) electrons. The quantitative estimate of drug-likeness (QED) is 0.482. The maximum atomic E-state index is 12.2. The van der Waals surface area contributed by atoms with Crippen molar-refractivity contribution >= 4 is 35.2 Å². The van der Waals surface area contributed by atoms with E-state index in [1.807, 2.05) is 30.6 Å². The van der Waals surface area contributed by atoms with E-state index in [0.717, 1.165) is 12.8 Å². The molecule has 28 heavy (non-hydrogen) atoms. The van der Waals surface area contributed by atoms with E-state index in [1.165, 1.54) is 12.1 Å². The van der Waals surface area contributed by atoms with E-state index in [0.29, 0.717) is 23.0 Å². The highest BCUT2D eigenvalue weighted by Crippen LogP contribution is 2.30. The largest absolute Gasteiger partial charge is 0.871 e. The number of benzene rings is 1. The predicted molar refractivity (Wildman–Crippen MR) is 112 cm³/mol. The standard InChI is InChI=1S/C22H24Cl2N2O2/c1-3-19(26-12-6-5-7-13-26)11-10-18(25-21(27)4-2)9-8-16-14-17(23)15-20(24)22(16)28/h4-9,12-15,18-19H,2-3,10-11H2,1H3,(H-,25,27,28). The van der Waals surface area contributed by atoms with E-state index < -0.39 is 0 Å². The van der Waals surface area contributed by atoms with Gasteiger partial charge in [0.2, 0.25) is 5.91 Å². The van der Waals surface area contributed by atoms with Crippen LogP contribution < -0.4 is 15.0 Å². The number of rotatable bonds is 9. The van der Waals surface area contributed by atoms with Crippen LogP contribution in [0.2, 0.25) is 10.0 Å². The van der Waals surface area contributed by atoms with Gasteiger partial charge in [-0.2, -0.15) is 0 Å². The fraction of sp³-hybridized carbons (Fsp3) is 0.273. The minimum atomic E-state index is -0.289. The van der Waals surface area contributed by atoms with Gasteiger partial charge >= 0.3 is 0 Å². The van der Waals surface area contributed by atoms with E-state index >= 15 is 0 Å². The number of nitrogens with zero attached hydrogens (tertiary/aromatic N) is 1. The van der Waals surface area contributed by atoms with Crippen LogP contribution in [0, 0.1) is 0 Å². The molecule has 0 aliphatic carbocycles. The zero-order valence-electron chi connectivity index (χ0n) is 15.8. The summed E-state index contributed by atoms with van der Waals surface area (Å²) in [6.45, 7) is 5.64. The smallest absolute Gasteiger partial charge is 0.243 e. The second kappa shape index (κ2) is 10.9. The molecule has 2 aromatic rings. The molecule has 1 aromatic carbocycles. The summed E-state index contributed by atoms with van der Waals surface area (Å²) in [7, 11) is 0. The number of pyridine rings is 1. The Bertz CT molecular complexity index is 838. The minimum absolute atomic E-state index is 0.0744. The molecule has 6 heteroatoms. The molecule has 0 bridgehead atoms. The number of carbonyl (C=O) groups excluding carboxylic acids is 1. The SMILES string of the molecule is C=CC(=O)NC(C=Cc1cc(Cl)cc(Cl)c1[O-])CCC(CC)[n+]1ccccc1. The molecule has 1 aromatic heterocycles. The number of hydrogen-bond donors (Lipinski definition) is 1. The van der Waals surface area contributed by atoms with Gasteiger partial charge in [0.15, 0.2) is 18.4 Å². The molecular weight excluding hydrogens is 395 g/mol. The van der Waals surface area contributed by atoms with Gasteiger partial charge in [0, 0.05) is 41.1 Å². The fourth-order valence-electron chi connectivity index (χ4n) is 2.97. The molecule has 2 atom stereocenters. The maximum absolute atomic E-state index is 12.2. The van der Waals surface area contributed by atoms with Crippen molar-refractivity contribution < 1.29 is 14.5 Å². The minimum Gasteiger partial charge on any atom is -0.871 e. The number of nitrogens with one attached hydrogen (secondary N) is 1. The van der Waals surface area contributed by atoms with E-state index in [-0.39, 0.29) is 22.7 Å². The van der Waals surface area contributed by atoms with E-state index in [4.69, 9.17) is 23.2 Å². The third kappa shape index (κ3) is 6.39. The summed E-state index contributed by atoms with van der Waals surface area (Å²) in [5, 5.41) is 15.5. The molecule has 4 nitrogen and oxygen atoms in total. The Balaban J connectivity index is 2.15. The summed E-state index contributed by atoms with van der Waals surface area (Å²) in [6, 6.07) is 9.02. The molecule has 0 aliphatic rings. The average Bonchev–Trinajstić information content (AvgIpc) is 2.70. The molecule has 148 valence electrons. The molecule has 1 amide bonds. The maximum Gasteiger partial charge on any atom is 0.243 e. The van der Waals surface area contributed by atoms with Crippen LogP contribution in [0.25, 0.3) is 6.08 Å². The van der Waals surface area contributed by atoms with Crippen LogP contribution >= 0.6 is 23.2 Å². The number of halogens is 2. The molecular formula is C22H24Cl2N2O2. The topological polar surface area (TPSA) is 56.0 Å². The summed E-state index contributed by atoms with van der Waals surface area (Å²) in [5.74, 6) is -0.552. The van der Waals surface area contributed by atoms with Gasteiger partial charge in [-0.15, -0.1) is 0 Å². The summed E-state index contributed by atoms with van der Waals surface area (Å²) >= 11 is 11.9. The predicted octanol–water partition coefficient (Wildman–Crippen LogP) is 4.47. The van der Waals surface area contributed by atoms with Gasteiger partial charge in [0.25, 0.3) is 0 Å². The number of amides is 1. The number of aromatic nitrogens is 1. The fourth-order valence-corrected chi connectivity index (χ4v) is 3.48. The zero-order chi connectivity index (χ0) is 20.5. The van der Waals surface area contributed by atoms with Gasteiger partial charge < -0.3 is 10.4 Å². The molecule has 0 spiro atoms. The molecule has 1 N–H and O–H groups in total. The van der Waals surface area contributed by atoms with Crippen LogP contribution in [0.15, 0.2) is 61.5 Å². The highest BCUT2D eigenvalue weighted by Gasteiger charge is 2.18. The Morgan fingerprint density at radius 1 is 1.25 bits per heavy atom. The summed E-state index contributed by atoms with van der Waals surface area (Å²) in [4.78, 5) is 11.8. The lowest BCUT2D eigenvalue weighted by Crippen LogP contribution is -2.40. The Labute approximate surface area is 176 Å². The van der Waals surface area contributed by atoms with Gasteiger partial charge in [-0.05, 0) is 30.2 Å². The molecule has 0 saturated carbocycles. The summed E-state index contributed by atoms with van der Waals surface area (Å²) in [5.41, 5.74) is 0.389. The van der Waals surface area contributed by atoms with Crippen LogP contribution in [0.1, 0.15) is 37.8 Å². The van der Waals surface area contributed by atoms with Crippen LogP contribution in [-0.4, -0.2) is 11.9 Å². The summed E-state index contributed by atoms with van der Waals surface area (Å²) < 4.78 is 2.17. The molecule has 2 rings (SSSR count). The summed E-state index contributed by atoms with van der Waals surface area (Å²) in [6.07, 6.45) is 11.3. The van der Waals surface area contributed by atoms with Gasteiger partial charge in [0.05, 0.1) is 0 Å². The molecule has 0 aliphatic heterocycles. The third-order valence-corrected chi connectivity index (χ3v) is 5.00. The van der Waals surface area contributed by atoms with Crippen molar-refractivity contribution in [3.05, 3.63) is 77.1 Å². The van der Waals surface area contributed by atoms with Gasteiger partial charge in [-0.25, -0.2) is 4.57 Å². The molecule has 0 fully saturated rings. The lowest BCUT2D eigenvalue weighted by atomic mass is 10.0. The van der Waals surface area contributed by atoms with Gasteiger partial charge in [0.1, 0.15) is 0 Å². The Morgan fingerprint density at radius 3 is 2.61 bits per heavy atom. The molecule has 1 heterocycles. The lowest BCUT2D eigenvalue weighted by molar-refractivity contribution is -0.724. The van der Waals surface area contributed by atoms with E-state index in [9.17, 15) is 9.90 Å². The first kappa shape index (κ1) is 22.0. The van der Waals surface area contributed by atoms with Gasteiger partial charge in [-0.1, -0.05) is 60.7 Å². The highest BCUT2D eigenvalue weighted by atomic mass is 35.5. The Kier molecular flexibility index (Phi) is 8.55. The number of carbonyl (C=O) groups is 1.